The molecular weight excluding hydrogens is 513 g/mol. The molecule has 0 bridgehead atoms. The molecule has 0 radical (unpaired) electrons. The highest BCUT2D eigenvalue weighted by atomic mass is 127. The Morgan fingerprint density at radius 1 is 1.10 bits per heavy atom. The van der Waals surface area contributed by atoms with Crippen molar-refractivity contribution in [1.82, 2.24) is 20.3 Å². The second-order valence-corrected chi connectivity index (χ2v) is 6.99. The summed E-state index contributed by atoms with van der Waals surface area (Å²) in [6.07, 6.45) is 2.35. The Labute approximate surface area is 200 Å². The van der Waals surface area contributed by atoms with Crippen molar-refractivity contribution in [2.45, 2.75) is 13.0 Å². The number of piperazine rings is 1. The van der Waals surface area contributed by atoms with Gasteiger partial charge >= 0.3 is 0 Å². The standard InChI is InChI=1S/C21H31N5O4.HI/c1-22-21(26-10-8-25(9-11-26)15-16-6-12-30-24-16)23-7-5-18-19(28-3)13-17(27-2)14-20(18)29-4;/h6,12-14H,5,7-11,15H2,1-4H3,(H,22,23);1H. The van der Waals surface area contributed by atoms with E-state index in [0.29, 0.717) is 12.3 Å². The Kier molecular flexibility index (Phi) is 10.2. The Bertz CT molecular complexity index is 798. The molecule has 1 aromatic carbocycles. The highest BCUT2D eigenvalue weighted by Gasteiger charge is 2.20. The Morgan fingerprint density at radius 3 is 2.29 bits per heavy atom. The van der Waals surface area contributed by atoms with Gasteiger partial charge in [0.05, 0.1) is 27.0 Å². The molecule has 1 aliphatic rings. The molecule has 10 heteroatoms. The summed E-state index contributed by atoms with van der Waals surface area (Å²) in [6, 6.07) is 5.66. The Morgan fingerprint density at radius 2 is 1.77 bits per heavy atom. The molecule has 3 rings (SSSR count). The number of benzene rings is 1. The van der Waals surface area contributed by atoms with Crippen molar-refractivity contribution >= 4 is 29.9 Å². The first-order chi connectivity index (χ1) is 14.7. The number of aromatic nitrogens is 1. The zero-order valence-electron chi connectivity index (χ0n) is 18.6. The molecule has 0 aliphatic carbocycles. The van der Waals surface area contributed by atoms with Crippen LogP contribution in [0.2, 0.25) is 0 Å². The number of aliphatic imine (C=N–C) groups is 1. The smallest absolute Gasteiger partial charge is 0.193 e. The lowest BCUT2D eigenvalue weighted by atomic mass is 10.1. The molecule has 9 nitrogen and oxygen atoms in total. The molecule has 31 heavy (non-hydrogen) atoms. The van der Waals surface area contributed by atoms with E-state index >= 15 is 0 Å². The Hall–Kier alpha value is -2.21. The van der Waals surface area contributed by atoms with Crippen molar-refractivity contribution < 1.29 is 18.7 Å². The lowest BCUT2D eigenvalue weighted by Gasteiger charge is -2.36. The number of nitrogens with zero attached hydrogens (tertiary/aromatic N) is 4. The fourth-order valence-electron chi connectivity index (χ4n) is 3.62. The quantitative estimate of drug-likeness (QED) is 0.308. The van der Waals surface area contributed by atoms with Gasteiger partial charge in [-0.1, -0.05) is 5.16 Å². The van der Waals surface area contributed by atoms with Gasteiger partial charge in [-0.25, -0.2) is 0 Å². The van der Waals surface area contributed by atoms with Crippen LogP contribution in [-0.2, 0) is 13.0 Å². The van der Waals surface area contributed by atoms with Gasteiger partial charge in [0, 0.05) is 70.1 Å². The van der Waals surface area contributed by atoms with Crippen LogP contribution in [0.15, 0.2) is 34.0 Å². The molecule has 1 saturated heterocycles. The monoisotopic (exact) mass is 545 g/mol. The lowest BCUT2D eigenvalue weighted by molar-refractivity contribution is 0.169. The van der Waals surface area contributed by atoms with Crippen molar-refractivity contribution in [3.63, 3.8) is 0 Å². The molecule has 0 spiro atoms. The highest BCUT2D eigenvalue weighted by molar-refractivity contribution is 14.0. The van der Waals surface area contributed by atoms with E-state index in [4.69, 9.17) is 18.7 Å². The van der Waals surface area contributed by atoms with Crippen LogP contribution in [0.25, 0.3) is 0 Å². The van der Waals surface area contributed by atoms with Crippen LogP contribution in [0.5, 0.6) is 17.2 Å². The third-order valence-electron chi connectivity index (χ3n) is 5.24. The van der Waals surface area contributed by atoms with Crippen molar-refractivity contribution in [1.29, 1.82) is 0 Å². The molecule has 1 aromatic heterocycles. The molecule has 1 aliphatic heterocycles. The molecule has 1 fully saturated rings. The van der Waals surface area contributed by atoms with Crippen molar-refractivity contribution in [2.24, 2.45) is 4.99 Å². The minimum atomic E-state index is 0. The first kappa shape index (κ1) is 25.1. The molecule has 2 heterocycles. The van der Waals surface area contributed by atoms with Crippen LogP contribution >= 0.6 is 24.0 Å². The van der Waals surface area contributed by atoms with Crippen LogP contribution < -0.4 is 19.5 Å². The van der Waals surface area contributed by atoms with E-state index < -0.39 is 0 Å². The summed E-state index contributed by atoms with van der Waals surface area (Å²) in [6.45, 7) is 5.25. The van der Waals surface area contributed by atoms with E-state index in [1.807, 2.05) is 25.2 Å². The van der Waals surface area contributed by atoms with Crippen molar-refractivity contribution in [2.75, 3.05) is 61.1 Å². The van der Waals surface area contributed by atoms with Crippen molar-refractivity contribution in [3.05, 3.63) is 35.7 Å². The van der Waals surface area contributed by atoms with Gasteiger partial charge in [0.2, 0.25) is 0 Å². The van der Waals surface area contributed by atoms with Gasteiger partial charge in [-0.05, 0) is 6.42 Å². The number of hydrogen-bond acceptors (Lipinski definition) is 7. The predicted molar refractivity (Wildman–Crippen MR) is 130 cm³/mol. The second-order valence-electron chi connectivity index (χ2n) is 6.99. The molecular formula is C21H32IN5O4. The van der Waals surface area contributed by atoms with E-state index in [2.05, 4.69) is 25.3 Å². The van der Waals surface area contributed by atoms with Gasteiger partial charge < -0.3 is 29.0 Å². The molecule has 0 atom stereocenters. The summed E-state index contributed by atoms with van der Waals surface area (Å²) in [5.41, 5.74) is 1.97. The Balaban J connectivity index is 0.00000341. The van der Waals surface area contributed by atoms with Gasteiger partial charge in [-0.15, -0.1) is 24.0 Å². The van der Waals surface area contributed by atoms with E-state index in [-0.39, 0.29) is 24.0 Å². The maximum Gasteiger partial charge on any atom is 0.193 e. The third-order valence-corrected chi connectivity index (χ3v) is 5.24. The van der Waals surface area contributed by atoms with Crippen molar-refractivity contribution in [3.8, 4) is 17.2 Å². The number of guanidine groups is 1. The molecule has 0 amide bonds. The van der Waals surface area contributed by atoms with Gasteiger partial charge in [-0.3, -0.25) is 9.89 Å². The summed E-state index contributed by atoms with van der Waals surface area (Å²) in [5.74, 6) is 3.12. The minimum absolute atomic E-state index is 0. The number of halogens is 1. The van der Waals surface area contributed by atoms with Gasteiger partial charge in [0.1, 0.15) is 23.5 Å². The summed E-state index contributed by atoms with van der Waals surface area (Å²) in [5, 5.41) is 7.46. The molecule has 2 aromatic rings. The average molecular weight is 545 g/mol. The minimum Gasteiger partial charge on any atom is -0.496 e. The van der Waals surface area contributed by atoms with Crippen LogP contribution in [-0.4, -0.2) is 82.0 Å². The second kappa shape index (κ2) is 12.6. The number of nitrogens with one attached hydrogen (secondary N) is 1. The maximum absolute atomic E-state index is 5.54. The average Bonchev–Trinajstić information content (AvgIpc) is 3.30. The van der Waals surface area contributed by atoms with Gasteiger partial charge in [0.15, 0.2) is 5.96 Å². The number of ether oxygens (including phenoxy) is 3. The zero-order chi connectivity index (χ0) is 21.3. The first-order valence-corrected chi connectivity index (χ1v) is 10.0. The van der Waals surface area contributed by atoms with E-state index in [9.17, 15) is 0 Å². The highest BCUT2D eigenvalue weighted by Crippen LogP contribution is 2.34. The van der Waals surface area contributed by atoms with Crippen LogP contribution in [0.4, 0.5) is 0 Å². The SMILES string of the molecule is CN=C(NCCc1c(OC)cc(OC)cc1OC)N1CCN(Cc2ccon2)CC1.I. The fourth-order valence-corrected chi connectivity index (χ4v) is 3.62. The molecule has 172 valence electrons. The first-order valence-electron chi connectivity index (χ1n) is 10.0. The summed E-state index contributed by atoms with van der Waals surface area (Å²) in [4.78, 5) is 9.11. The number of methoxy groups -OCH3 is 3. The van der Waals surface area contributed by atoms with Gasteiger partial charge in [0.25, 0.3) is 0 Å². The van der Waals surface area contributed by atoms with E-state index in [1.54, 1.807) is 27.6 Å². The van der Waals surface area contributed by atoms with Gasteiger partial charge in [-0.2, -0.15) is 0 Å². The predicted octanol–water partition coefficient (Wildman–Crippen LogP) is 2.25. The van der Waals surface area contributed by atoms with Crippen LogP contribution in [0, 0.1) is 0 Å². The topological polar surface area (TPSA) is 84.6 Å². The van der Waals surface area contributed by atoms with Crippen LogP contribution in [0.3, 0.4) is 0 Å². The largest absolute Gasteiger partial charge is 0.496 e. The van der Waals surface area contributed by atoms with Crippen LogP contribution in [0.1, 0.15) is 11.3 Å². The third kappa shape index (κ3) is 6.63. The number of rotatable bonds is 8. The normalized spacial score (nSPS) is 14.7. The molecule has 1 N–H and O–H groups in total. The van der Waals surface area contributed by atoms with E-state index in [1.165, 1.54) is 0 Å². The summed E-state index contributed by atoms with van der Waals surface area (Å²) in [7, 11) is 6.76. The molecule has 0 saturated carbocycles. The lowest BCUT2D eigenvalue weighted by Crippen LogP contribution is -2.52. The maximum atomic E-state index is 5.54. The zero-order valence-corrected chi connectivity index (χ0v) is 20.9. The fraction of sp³-hybridized carbons (Fsp3) is 0.524. The number of hydrogen-bond donors (Lipinski definition) is 1. The summed E-state index contributed by atoms with van der Waals surface area (Å²) < 4.78 is 21.3. The summed E-state index contributed by atoms with van der Waals surface area (Å²) >= 11 is 0. The van der Waals surface area contributed by atoms with E-state index in [0.717, 1.165) is 67.9 Å². The molecule has 0 unspecified atom stereocenters.